The number of amides is 1. The van der Waals surface area contributed by atoms with Crippen LogP contribution in [0.25, 0.3) is 10.4 Å². The highest BCUT2D eigenvalue weighted by molar-refractivity contribution is 7.87. The Morgan fingerprint density at radius 3 is 2.71 bits per heavy atom. The fourth-order valence-electron chi connectivity index (χ4n) is 3.62. The minimum Gasteiger partial charge on any atom is -0.481 e. The van der Waals surface area contributed by atoms with E-state index in [1.54, 1.807) is 24.4 Å². The van der Waals surface area contributed by atoms with Gasteiger partial charge in [-0.25, -0.2) is 4.39 Å². The fraction of sp³-hybridized carbons (Fsp3) is 0.227. The molecule has 1 fully saturated rings. The molecule has 3 heterocycles. The summed E-state index contributed by atoms with van der Waals surface area (Å²) in [5, 5.41) is 11.3. The van der Waals surface area contributed by atoms with Crippen molar-refractivity contribution in [1.82, 2.24) is 14.0 Å². The molecule has 0 spiro atoms. The molecule has 0 radical (unpaired) electrons. The fourth-order valence-corrected chi connectivity index (χ4v) is 6.20. The van der Waals surface area contributed by atoms with Crippen LogP contribution in [0, 0.1) is 5.82 Å². The lowest BCUT2D eigenvalue weighted by Crippen LogP contribution is -2.55. The van der Waals surface area contributed by atoms with Crippen LogP contribution in [0.1, 0.15) is 23.0 Å². The smallest absolute Gasteiger partial charge is 0.309 e. The molecular weight excluding hydrogens is 519 g/mol. The molecule has 1 amide bonds. The van der Waals surface area contributed by atoms with Gasteiger partial charge < -0.3 is 10.4 Å². The van der Waals surface area contributed by atoms with Gasteiger partial charge in [-0.1, -0.05) is 17.7 Å². The molecule has 2 atom stereocenters. The Balaban J connectivity index is 1.53. The van der Waals surface area contributed by atoms with Crippen LogP contribution in [0.4, 0.5) is 10.1 Å². The summed E-state index contributed by atoms with van der Waals surface area (Å²) < 4.78 is 42.5. The number of nitrogens with one attached hydrogen (secondary N) is 2. The summed E-state index contributed by atoms with van der Waals surface area (Å²) in [4.78, 5) is 29.5. The van der Waals surface area contributed by atoms with E-state index in [-0.39, 0.29) is 23.6 Å². The molecule has 4 rings (SSSR count). The van der Waals surface area contributed by atoms with E-state index in [2.05, 4.69) is 15.0 Å². The van der Waals surface area contributed by atoms with E-state index in [4.69, 9.17) is 16.7 Å². The molecule has 35 heavy (non-hydrogen) atoms. The highest BCUT2D eigenvalue weighted by Gasteiger charge is 2.41. The zero-order valence-corrected chi connectivity index (χ0v) is 20.6. The molecular formula is C22H20ClFN4O5S2. The van der Waals surface area contributed by atoms with E-state index in [0.29, 0.717) is 10.6 Å². The van der Waals surface area contributed by atoms with Gasteiger partial charge in [0.25, 0.3) is 10.2 Å². The van der Waals surface area contributed by atoms with Gasteiger partial charge in [0, 0.05) is 34.2 Å². The number of carbonyl (C=O) groups excluding carboxylic acids is 1. The van der Waals surface area contributed by atoms with Crippen LogP contribution in [-0.2, 0) is 26.2 Å². The summed E-state index contributed by atoms with van der Waals surface area (Å²) in [6, 6.07) is 9.01. The van der Waals surface area contributed by atoms with E-state index in [0.717, 1.165) is 20.8 Å². The van der Waals surface area contributed by atoms with Crippen molar-refractivity contribution in [2.45, 2.75) is 24.9 Å². The number of aliphatic carboxylic acids is 1. The molecule has 1 saturated heterocycles. The number of likely N-dealkylation sites (N-methyl/N-ethyl adjacent to an activating group) is 1. The van der Waals surface area contributed by atoms with Crippen LogP contribution in [-0.4, -0.2) is 47.8 Å². The van der Waals surface area contributed by atoms with Crippen molar-refractivity contribution in [2.75, 3.05) is 12.4 Å². The summed E-state index contributed by atoms with van der Waals surface area (Å²) in [7, 11) is -2.65. The van der Waals surface area contributed by atoms with Gasteiger partial charge in [0.15, 0.2) is 0 Å². The molecule has 2 aromatic heterocycles. The van der Waals surface area contributed by atoms with Crippen molar-refractivity contribution >= 4 is 50.7 Å². The number of carbonyl (C=O) groups is 2. The van der Waals surface area contributed by atoms with Gasteiger partial charge in [-0.3, -0.25) is 14.6 Å². The molecule has 184 valence electrons. The quantitative estimate of drug-likeness (QED) is 0.441. The Hall–Kier alpha value is -2.90. The molecule has 1 aliphatic rings. The molecule has 1 aliphatic heterocycles. The summed E-state index contributed by atoms with van der Waals surface area (Å²) >= 11 is 7.11. The highest BCUT2D eigenvalue weighted by Crippen LogP contribution is 2.36. The number of aromatic nitrogens is 1. The van der Waals surface area contributed by atoms with Gasteiger partial charge in [-0.15, -0.1) is 11.3 Å². The van der Waals surface area contributed by atoms with Crippen LogP contribution >= 0.6 is 22.9 Å². The normalized spacial score (nSPS) is 19.9. The summed E-state index contributed by atoms with van der Waals surface area (Å²) in [6.45, 7) is 0. The SMILES string of the molecule is CN1[C@H](C(=O)Nc2ccc(F)c(Cl)c2)C[C@H](c2ccc(-c3ccc(CC(=O)O)nc3)s2)NS1(=O)=O. The average Bonchev–Trinajstić information content (AvgIpc) is 3.28. The Kier molecular flexibility index (Phi) is 7.20. The van der Waals surface area contributed by atoms with Crippen LogP contribution in [0.2, 0.25) is 5.02 Å². The number of thiophene rings is 1. The molecule has 0 aliphatic carbocycles. The van der Waals surface area contributed by atoms with Gasteiger partial charge in [0.1, 0.15) is 11.9 Å². The molecule has 9 nitrogen and oxygen atoms in total. The average molecular weight is 539 g/mol. The van der Waals surface area contributed by atoms with E-state index < -0.39 is 40.0 Å². The minimum absolute atomic E-state index is 0.159. The van der Waals surface area contributed by atoms with Crippen molar-refractivity contribution in [3.63, 3.8) is 0 Å². The lowest BCUT2D eigenvalue weighted by molar-refractivity contribution is -0.136. The zero-order valence-electron chi connectivity index (χ0n) is 18.2. The van der Waals surface area contributed by atoms with Crippen LogP contribution in [0.3, 0.4) is 0 Å². The molecule has 13 heteroatoms. The second-order valence-corrected chi connectivity index (χ2v) is 11.2. The third-order valence-corrected chi connectivity index (χ3v) is 8.60. The van der Waals surface area contributed by atoms with E-state index >= 15 is 0 Å². The molecule has 0 unspecified atom stereocenters. The van der Waals surface area contributed by atoms with Crippen molar-refractivity contribution in [1.29, 1.82) is 0 Å². The standard InChI is InChI=1S/C22H20ClFN4O5S2/c1-28-18(22(31)26-14-4-5-16(24)15(23)8-14)10-17(27-35(28,32)33)20-7-6-19(34-20)12-2-3-13(25-11-12)9-21(29)30/h2-8,11,17-18,27H,9-10H2,1H3,(H,26,31)(H,29,30)/t17-,18+/m1/s1. The number of carboxylic acids is 1. The van der Waals surface area contributed by atoms with Gasteiger partial charge in [-0.05, 0) is 42.8 Å². The maximum atomic E-state index is 13.4. The third-order valence-electron chi connectivity index (χ3n) is 5.47. The number of halogens is 2. The first-order valence-corrected chi connectivity index (χ1v) is 12.9. The number of hydrogen-bond donors (Lipinski definition) is 3. The first-order chi connectivity index (χ1) is 16.5. The van der Waals surface area contributed by atoms with E-state index in [9.17, 15) is 22.4 Å². The minimum atomic E-state index is -3.96. The molecule has 3 aromatic rings. The number of pyridine rings is 1. The summed E-state index contributed by atoms with van der Waals surface area (Å²) in [5.41, 5.74) is 1.44. The number of nitrogens with zero attached hydrogens (tertiary/aromatic N) is 2. The summed E-state index contributed by atoms with van der Waals surface area (Å²) in [6.07, 6.45) is 1.55. The Morgan fingerprint density at radius 1 is 1.29 bits per heavy atom. The van der Waals surface area contributed by atoms with Crippen LogP contribution < -0.4 is 10.0 Å². The number of carboxylic acid groups (broad SMARTS) is 1. The lowest BCUT2D eigenvalue weighted by atomic mass is 10.1. The second-order valence-electron chi connectivity index (χ2n) is 7.87. The molecule has 3 N–H and O–H groups in total. The van der Waals surface area contributed by atoms with Crippen molar-refractivity contribution in [3.8, 4) is 10.4 Å². The van der Waals surface area contributed by atoms with Crippen molar-refractivity contribution < 1.29 is 27.5 Å². The van der Waals surface area contributed by atoms with Gasteiger partial charge in [0.05, 0.1) is 23.2 Å². The van der Waals surface area contributed by atoms with E-state index in [1.807, 2.05) is 6.07 Å². The third kappa shape index (κ3) is 5.68. The van der Waals surface area contributed by atoms with E-state index in [1.165, 1.54) is 30.5 Å². The van der Waals surface area contributed by atoms with Gasteiger partial charge in [-0.2, -0.15) is 17.4 Å². The topological polar surface area (TPSA) is 129 Å². The summed E-state index contributed by atoms with van der Waals surface area (Å²) in [5.74, 6) is -2.17. The van der Waals surface area contributed by atoms with Crippen LogP contribution in [0.15, 0.2) is 48.7 Å². The van der Waals surface area contributed by atoms with Crippen LogP contribution in [0.5, 0.6) is 0 Å². The zero-order chi connectivity index (χ0) is 25.3. The molecule has 0 saturated carbocycles. The highest BCUT2D eigenvalue weighted by atomic mass is 35.5. The first kappa shape index (κ1) is 25.2. The van der Waals surface area contributed by atoms with Crippen molar-refractivity contribution in [2.24, 2.45) is 0 Å². The predicted molar refractivity (Wildman–Crippen MR) is 130 cm³/mol. The predicted octanol–water partition coefficient (Wildman–Crippen LogP) is 3.45. The van der Waals surface area contributed by atoms with Gasteiger partial charge >= 0.3 is 5.97 Å². The largest absolute Gasteiger partial charge is 0.481 e. The number of benzene rings is 1. The monoisotopic (exact) mass is 538 g/mol. The Morgan fingerprint density at radius 2 is 2.06 bits per heavy atom. The molecule has 0 bridgehead atoms. The number of hydrogen-bond acceptors (Lipinski definition) is 6. The molecule has 1 aromatic carbocycles. The maximum absolute atomic E-state index is 13.4. The number of anilines is 1. The Bertz CT molecular complexity index is 1380. The van der Waals surface area contributed by atoms with Gasteiger partial charge in [0.2, 0.25) is 5.91 Å². The lowest BCUT2D eigenvalue weighted by Gasteiger charge is -2.35. The first-order valence-electron chi connectivity index (χ1n) is 10.3. The second kappa shape index (κ2) is 9.99. The maximum Gasteiger partial charge on any atom is 0.309 e. The number of rotatable bonds is 6. The Labute approximate surface area is 209 Å². The van der Waals surface area contributed by atoms with Crippen molar-refractivity contribution in [3.05, 3.63) is 70.1 Å².